The first-order valence-electron chi connectivity index (χ1n) is 6.71. The van der Waals surface area contributed by atoms with Crippen LogP contribution in [0.2, 0.25) is 0 Å². The van der Waals surface area contributed by atoms with Gasteiger partial charge in [-0.05, 0) is 19.1 Å². The Labute approximate surface area is 137 Å². The molecule has 0 unspecified atom stereocenters. The lowest BCUT2D eigenvalue weighted by molar-refractivity contribution is -0.122. The molecule has 6 nitrogen and oxygen atoms in total. The third-order valence-corrected chi connectivity index (χ3v) is 4.03. The Morgan fingerprint density at radius 1 is 1.39 bits per heavy atom. The number of benzene rings is 1. The minimum absolute atomic E-state index is 0.224. The molecule has 0 aliphatic rings. The van der Waals surface area contributed by atoms with Crippen LogP contribution in [-0.2, 0) is 9.53 Å². The second kappa shape index (κ2) is 7.51. The van der Waals surface area contributed by atoms with Crippen LogP contribution in [0, 0.1) is 18.3 Å². The van der Waals surface area contributed by atoms with Crippen LogP contribution in [0.3, 0.4) is 0 Å². The number of rotatable bonds is 6. The number of ether oxygens (including phenoxy) is 2. The number of carbonyl (C=O) groups excluding carboxylic acids is 2. The summed E-state index contributed by atoms with van der Waals surface area (Å²) in [4.78, 5) is 28.3. The molecule has 0 N–H and O–H groups in total. The highest BCUT2D eigenvalue weighted by atomic mass is 32.1. The van der Waals surface area contributed by atoms with Gasteiger partial charge >= 0.3 is 5.97 Å². The van der Waals surface area contributed by atoms with Crippen molar-refractivity contribution in [3.05, 3.63) is 45.9 Å². The van der Waals surface area contributed by atoms with Gasteiger partial charge in [0, 0.05) is 11.1 Å². The second-order valence-corrected chi connectivity index (χ2v) is 5.52. The summed E-state index contributed by atoms with van der Waals surface area (Å²) in [6.45, 7) is 1.29. The third kappa shape index (κ3) is 3.93. The molecule has 118 valence electrons. The highest BCUT2D eigenvalue weighted by Crippen LogP contribution is 2.22. The molecule has 2 rings (SSSR count). The van der Waals surface area contributed by atoms with E-state index < -0.39 is 24.3 Å². The van der Waals surface area contributed by atoms with Crippen LogP contribution in [0.1, 0.15) is 27.0 Å². The molecule has 0 spiro atoms. The molecule has 0 fully saturated rings. The number of nitriles is 1. The van der Waals surface area contributed by atoms with E-state index in [0.29, 0.717) is 10.8 Å². The van der Waals surface area contributed by atoms with Crippen molar-refractivity contribution in [3.8, 4) is 11.8 Å². The molecule has 1 atom stereocenters. The van der Waals surface area contributed by atoms with E-state index >= 15 is 0 Å². The largest absolute Gasteiger partial charge is 0.496 e. The molecule has 7 heteroatoms. The lowest BCUT2D eigenvalue weighted by atomic mass is 10.1. The van der Waals surface area contributed by atoms with E-state index in [-0.39, 0.29) is 5.56 Å². The number of Topliss-reactive ketones (excluding diaryl/α,β-unsaturated/α-hetero) is 1. The maximum absolute atomic E-state index is 12.1. The van der Waals surface area contributed by atoms with Crippen molar-refractivity contribution in [1.82, 2.24) is 4.98 Å². The van der Waals surface area contributed by atoms with Crippen LogP contribution >= 0.6 is 11.3 Å². The quantitative estimate of drug-likeness (QED) is 0.756. The number of ketones is 1. The molecule has 2 aromatic rings. The van der Waals surface area contributed by atoms with E-state index in [0.717, 1.165) is 5.69 Å². The SMILES string of the molecule is COc1ccccc1C(=O)OCC(=O)[C@H](C#N)c1nc(C)cs1. The predicted octanol–water partition coefficient (Wildman–Crippen LogP) is 2.49. The van der Waals surface area contributed by atoms with Crippen LogP contribution in [0.25, 0.3) is 0 Å². The minimum atomic E-state index is -1.03. The molecule has 0 aliphatic heterocycles. The summed E-state index contributed by atoms with van der Waals surface area (Å²) in [5, 5.41) is 11.3. The Kier molecular flexibility index (Phi) is 5.44. The van der Waals surface area contributed by atoms with E-state index in [4.69, 9.17) is 14.7 Å². The van der Waals surface area contributed by atoms with Crippen molar-refractivity contribution < 1.29 is 19.1 Å². The third-order valence-electron chi connectivity index (χ3n) is 3.01. The van der Waals surface area contributed by atoms with Crippen molar-refractivity contribution in [2.24, 2.45) is 0 Å². The van der Waals surface area contributed by atoms with Gasteiger partial charge in [0.05, 0.1) is 13.2 Å². The summed E-state index contributed by atoms with van der Waals surface area (Å²) < 4.78 is 10.1. The number of esters is 1. The molecule has 1 heterocycles. The lowest BCUT2D eigenvalue weighted by Gasteiger charge is -2.09. The molecule has 0 radical (unpaired) electrons. The minimum Gasteiger partial charge on any atom is -0.496 e. The number of thiazole rings is 1. The topological polar surface area (TPSA) is 89.3 Å². The summed E-state index contributed by atoms with van der Waals surface area (Å²) in [6, 6.07) is 8.44. The average Bonchev–Trinajstić information content (AvgIpc) is 2.99. The van der Waals surface area contributed by atoms with Crippen LogP contribution in [0.5, 0.6) is 5.75 Å². The molecule has 1 aromatic carbocycles. The molecule has 1 aromatic heterocycles. The number of methoxy groups -OCH3 is 1. The molecule has 0 amide bonds. The van der Waals surface area contributed by atoms with E-state index in [1.807, 2.05) is 6.07 Å². The number of aryl methyl sites for hydroxylation is 1. The maximum atomic E-state index is 12.1. The zero-order valence-electron chi connectivity index (χ0n) is 12.6. The van der Waals surface area contributed by atoms with E-state index in [1.54, 1.807) is 30.5 Å². The smallest absolute Gasteiger partial charge is 0.342 e. The highest BCUT2D eigenvalue weighted by molar-refractivity contribution is 7.09. The van der Waals surface area contributed by atoms with E-state index in [2.05, 4.69) is 4.98 Å². The zero-order chi connectivity index (χ0) is 16.8. The fourth-order valence-corrected chi connectivity index (χ4v) is 2.74. The van der Waals surface area contributed by atoms with Crippen molar-refractivity contribution in [2.75, 3.05) is 13.7 Å². The van der Waals surface area contributed by atoms with Gasteiger partial charge in [0.2, 0.25) is 0 Å². The first-order chi connectivity index (χ1) is 11.1. The van der Waals surface area contributed by atoms with Gasteiger partial charge in [-0.15, -0.1) is 11.3 Å². The Morgan fingerprint density at radius 2 is 2.13 bits per heavy atom. The van der Waals surface area contributed by atoms with Crippen LogP contribution in [-0.4, -0.2) is 30.5 Å². The number of hydrogen-bond donors (Lipinski definition) is 0. The normalized spacial score (nSPS) is 11.3. The Bertz CT molecular complexity index is 763. The molecule has 0 bridgehead atoms. The second-order valence-electron chi connectivity index (χ2n) is 4.63. The van der Waals surface area contributed by atoms with Gasteiger partial charge in [-0.2, -0.15) is 5.26 Å². The number of aromatic nitrogens is 1. The van der Waals surface area contributed by atoms with Gasteiger partial charge in [0.15, 0.2) is 18.3 Å². The lowest BCUT2D eigenvalue weighted by Crippen LogP contribution is -2.20. The summed E-state index contributed by atoms with van der Waals surface area (Å²) in [7, 11) is 1.44. The van der Waals surface area contributed by atoms with Gasteiger partial charge in [-0.3, -0.25) is 4.79 Å². The molecule has 0 aliphatic carbocycles. The summed E-state index contributed by atoms with van der Waals surface area (Å²) in [5.41, 5.74) is 0.963. The standard InChI is InChI=1S/C16H14N2O4S/c1-10-9-23-15(18-10)12(7-17)13(19)8-22-16(20)11-5-3-4-6-14(11)21-2/h3-6,9,12H,8H2,1-2H3/t12-/m0/s1. The Hall–Kier alpha value is -2.72. The van der Waals surface area contributed by atoms with Crippen molar-refractivity contribution in [1.29, 1.82) is 5.26 Å². The summed E-state index contributed by atoms with van der Waals surface area (Å²) in [6.07, 6.45) is 0. The van der Waals surface area contributed by atoms with E-state index in [9.17, 15) is 9.59 Å². The number of hydrogen-bond acceptors (Lipinski definition) is 7. The number of para-hydroxylation sites is 1. The monoisotopic (exact) mass is 330 g/mol. The number of nitrogens with zero attached hydrogens (tertiary/aromatic N) is 2. The number of carbonyl (C=O) groups is 2. The average molecular weight is 330 g/mol. The summed E-state index contributed by atoms with van der Waals surface area (Å²) in [5.74, 6) is -1.86. The van der Waals surface area contributed by atoms with Gasteiger partial charge in [-0.25, -0.2) is 9.78 Å². The molecule has 0 saturated carbocycles. The van der Waals surface area contributed by atoms with Crippen molar-refractivity contribution in [2.45, 2.75) is 12.8 Å². The fourth-order valence-electron chi connectivity index (χ4n) is 1.88. The van der Waals surface area contributed by atoms with Gasteiger partial charge in [0.1, 0.15) is 16.3 Å². The molecular formula is C16H14N2O4S. The van der Waals surface area contributed by atoms with Gasteiger partial charge in [0.25, 0.3) is 0 Å². The van der Waals surface area contributed by atoms with Gasteiger partial charge < -0.3 is 9.47 Å². The van der Waals surface area contributed by atoms with Crippen molar-refractivity contribution in [3.63, 3.8) is 0 Å². The van der Waals surface area contributed by atoms with Crippen LogP contribution in [0.15, 0.2) is 29.6 Å². The first-order valence-corrected chi connectivity index (χ1v) is 7.59. The predicted molar refractivity (Wildman–Crippen MR) is 83.5 cm³/mol. The van der Waals surface area contributed by atoms with Crippen LogP contribution in [0.4, 0.5) is 0 Å². The van der Waals surface area contributed by atoms with Crippen LogP contribution < -0.4 is 4.74 Å². The maximum Gasteiger partial charge on any atom is 0.342 e. The zero-order valence-corrected chi connectivity index (χ0v) is 13.4. The highest BCUT2D eigenvalue weighted by Gasteiger charge is 2.25. The van der Waals surface area contributed by atoms with Gasteiger partial charge in [-0.1, -0.05) is 12.1 Å². The molecule has 23 heavy (non-hydrogen) atoms. The van der Waals surface area contributed by atoms with Crippen molar-refractivity contribution >= 4 is 23.1 Å². The van der Waals surface area contributed by atoms with E-state index in [1.165, 1.54) is 24.5 Å². The Balaban J connectivity index is 2.03. The Morgan fingerprint density at radius 3 is 2.74 bits per heavy atom. The molecule has 0 saturated heterocycles. The first kappa shape index (κ1) is 16.6. The fraction of sp³-hybridized carbons (Fsp3) is 0.250. The summed E-state index contributed by atoms with van der Waals surface area (Å²) >= 11 is 1.23. The molecular weight excluding hydrogens is 316 g/mol.